The number of benzene rings is 2. The molecule has 3 aromatic rings. The highest BCUT2D eigenvalue weighted by atomic mass is 19.1. The van der Waals surface area contributed by atoms with Gasteiger partial charge in [0.25, 0.3) is 0 Å². The van der Waals surface area contributed by atoms with E-state index in [2.05, 4.69) is 10.3 Å². The summed E-state index contributed by atoms with van der Waals surface area (Å²) in [5.74, 6) is -0.556. The van der Waals surface area contributed by atoms with Crippen LogP contribution in [0.15, 0.2) is 48.5 Å². The van der Waals surface area contributed by atoms with Crippen LogP contribution in [0.3, 0.4) is 0 Å². The molecule has 2 heterocycles. The van der Waals surface area contributed by atoms with E-state index in [4.69, 9.17) is 9.47 Å². The molecule has 1 N–H and O–H groups in total. The van der Waals surface area contributed by atoms with Crippen LogP contribution in [0.1, 0.15) is 22.3 Å². The zero-order valence-corrected chi connectivity index (χ0v) is 12.8. The second-order valence-corrected chi connectivity index (χ2v) is 5.38. The number of hydrogen-bond acceptors (Lipinski definition) is 5. The van der Waals surface area contributed by atoms with Crippen molar-refractivity contribution in [2.75, 3.05) is 6.61 Å². The van der Waals surface area contributed by atoms with Gasteiger partial charge in [-0.1, -0.05) is 17.3 Å². The predicted molar refractivity (Wildman–Crippen MR) is 83.6 cm³/mol. The molecule has 0 fully saturated rings. The Morgan fingerprint density at radius 1 is 1.16 bits per heavy atom. The number of ether oxygens (including phenoxy) is 2. The second kappa shape index (κ2) is 5.90. The maximum Gasteiger partial charge on any atom is 0.358 e. The fourth-order valence-electron chi connectivity index (χ4n) is 2.66. The molecule has 1 aliphatic heterocycles. The second-order valence-electron chi connectivity index (χ2n) is 5.38. The number of nitrogens with zero attached hydrogens (tertiary/aromatic N) is 3. The number of para-hydroxylation sites is 2. The number of carboxylic acid groups (broad SMARTS) is 1. The fraction of sp³-hybridized carbons (Fsp3) is 0.118. The van der Waals surface area contributed by atoms with Crippen LogP contribution in [0.4, 0.5) is 4.39 Å². The van der Waals surface area contributed by atoms with E-state index < -0.39 is 17.9 Å². The van der Waals surface area contributed by atoms with E-state index in [-0.39, 0.29) is 18.0 Å². The molecule has 0 aliphatic carbocycles. The molecule has 1 unspecified atom stereocenters. The number of rotatable bonds is 3. The Balaban J connectivity index is 1.79. The summed E-state index contributed by atoms with van der Waals surface area (Å²) in [5.41, 5.74) is 0.463. The highest BCUT2D eigenvalue weighted by molar-refractivity contribution is 5.86. The normalized spacial score (nSPS) is 15.8. The topological polar surface area (TPSA) is 86.5 Å². The van der Waals surface area contributed by atoms with Gasteiger partial charge in [-0.2, -0.15) is 0 Å². The Hall–Kier alpha value is -3.42. The van der Waals surface area contributed by atoms with Crippen LogP contribution in [-0.2, 0) is 0 Å². The SMILES string of the molecule is O=C(O)c1nnn(-c2ccc(F)cc2)c1C1COc2ccccc2O1. The summed E-state index contributed by atoms with van der Waals surface area (Å²) >= 11 is 0. The van der Waals surface area contributed by atoms with Gasteiger partial charge in [0.2, 0.25) is 0 Å². The molecule has 4 rings (SSSR count). The number of hydrogen-bond donors (Lipinski definition) is 1. The highest BCUT2D eigenvalue weighted by Crippen LogP contribution is 2.37. The van der Waals surface area contributed by atoms with Gasteiger partial charge in [-0.3, -0.25) is 0 Å². The van der Waals surface area contributed by atoms with E-state index in [1.54, 1.807) is 18.2 Å². The molecule has 0 radical (unpaired) electrons. The monoisotopic (exact) mass is 341 g/mol. The molecule has 0 saturated carbocycles. The van der Waals surface area contributed by atoms with Crippen molar-refractivity contribution in [2.45, 2.75) is 6.10 Å². The standard InChI is InChI=1S/C17H12FN3O4/c18-10-5-7-11(8-6-10)21-16(15(17(22)23)19-20-21)14-9-24-12-3-1-2-4-13(12)25-14/h1-8,14H,9H2,(H,22,23). The van der Waals surface area contributed by atoms with Gasteiger partial charge in [0.05, 0.1) is 5.69 Å². The number of carbonyl (C=O) groups is 1. The average molecular weight is 341 g/mol. The minimum absolute atomic E-state index is 0.103. The van der Waals surface area contributed by atoms with Gasteiger partial charge in [0.1, 0.15) is 18.1 Å². The Bertz CT molecular complexity index is 939. The van der Waals surface area contributed by atoms with Gasteiger partial charge >= 0.3 is 5.97 Å². The van der Waals surface area contributed by atoms with Crippen LogP contribution < -0.4 is 9.47 Å². The van der Waals surface area contributed by atoms with Crippen LogP contribution in [0.2, 0.25) is 0 Å². The van der Waals surface area contributed by atoms with Crippen molar-refractivity contribution >= 4 is 5.97 Å². The minimum atomic E-state index is -1.23. The van der Waals surface area contributed by atoms with Crippen LogP contribution in [0, 0.1) is 5.82 Å². The van der Waals surface area contributed by atoms with Crippen molar-refractivity contribution in [3.8, 4) is 17.2 Å². The molecule has 1 atom stereocenters. The zero-order valence-electron chi connectivity index (χ0n) is 12.8. The van der Waals surface area contributed by atoms with Crippen LogP contribution in [0.25, 0.3) is 5.69 Å². The molecular formula is C17H12FN3O4. The molecule has 1 aliphatic rings. The van der Waals surface area contributed by atoms with E-state index in [0.717, 1.165) is 0 Å². The van der Waals surface area contributed by atoms with E-state index >= 15 is 0 Å². The van der Waals surface area contributed by atoms with Crippen LogP contribution in [-0.4, -0.2) is 32.7 Å². The Morgan fingerprint density at radius 2 is 1.88 bits per heavy atom. The van der Waals surface area contributed by atoms with Crippen molar-refractivity contribution in [3.63, 3.8) is 0 Å². The molecule has 0 amide bonds. The van der Waals surface area contributed by atoms with Crippen molar-refractivity contribution in [2.24, 2.45) is 0 Å². The van der Waals surface area contributed by atoms with Crippen molar-refractivity contribution in [1.29, 1.82) is 0 Å². The van der Waals surface area contributed by atoms with Gasteiger partial charge in [-0.15, -0.1) is 5.10 Å². The third-order valence-corrected chi connectivity index (χ3v) is 3.79. The lowest BCUT2D eigenvalue weighted by Crippen LogP contribution is -2.25. The van der Waals surface area contributed by atoms with Crippen LogP contribution in [0.5, 0.6) is 11.5 Å². The number of aromatic carboxylic acids is 1. The Labute approximate surface area is 141 Å². The third-order valence-electron chi connectivity index (χ3n) is 3.79. The maximum absolute atomic E-state index is 13.2. The Kier molecular flexibility index (Phi) is 3.57. The summed E-state index contributed by atoms with van der Waals surface area (Å²) in [4.78, 5) is 11.5. The third kappa shape index (κ3) is 2.67. The summed E-state index contributed by atoms with van der Waals surface area (Å²) in [6, 6.07) is 12.6. The first kappa shape index (κ1) is 15.1. The van der Waals surface area contributed by atoms with E-state index in [9.17, 15) is 14.3 Å². The summed E-state index contributed by atoms with van der Waals surface area (Å²) in [6.45, 7) is 0.103. The molecule has 0 spiro atoms. The number of carboxylic acids is 1. The first-order valence-electron chi connectivity index (χ1n) is 7.47. The molecule has 126 valence electrons. The molecule has 1 aromatic heterocycles. The Morgan fingerprint density at radius 3 is 2.60 bits per heavy atom. The summed E-state index contributed by atoms with van der Waals surface area (Å²) < 4.78 is 26.0. The van der Waals surface area contributed by atoms with Crippen molar-refractivity contribution in [1.82, 2.24) is 15.0 Å². The lowest BCUT2D eigenvalue weighted by molar-refractivity contribution is 0.0661. The van der Waals surface area contributed by atoms with Gasteiger partial charge in [-0.05, 0) is 36.4 Å². The largest absolute Gasteiger partial charge is 0.485 e. The zero-order chi connectivity index (χ0) is 17.4. The number of halogens is 1. The summed E-state index contributed by atoms with van der Waals surface area (Å²) in [7, 11) is 0. The smallest absolute Gasteiger partial charge is 0.358 e. The first-order chi connectivity index (χ1) is 12.1. The molecular weight excluding hydrogens is 329 g/mol. The van der Waals surface area contributed by atoms with Gasteiger partial charge in [0.15, 0.2) is 23.3 Å². The molecule has 0 bridgehead atoms. The lowest BCUT2D eigenvalue weighted by atomic mass is 10.1. The summed E-state index contributed by atoms with van der Waals surface area (Å²) in [5, 5.41) is 17.0. The van der Waals surface area contributed by atoms with Gasteiger partial charge in [-0.25, -0.2) is 13.9 Å². The van der Waals surface area contributed by atoms with Crippen LogP contribution >= 0.6 is 0 Å². The lowest BCUT2D eigenvalue weighted by Gasteiger charge is -2.26. The van der Waals surface area contributed by atoms with E-state index in [0.29, 0.717) is 17.2 Å². The average Bonchev–Trinajstić information content (AvgIpc) is 3.07. The number of aromatic nitrogens is 3. The predicted octanol–water partition coefficient (Wildman–Crippen LogP) is 2.62. The number of fused-ring (bicyclic) bond motifs is 1. The summed E-state index contributed by atoms with van der Waals surface area (Å²) in [6.07, 6.45) is -0.721. The van der Waals surface area contributed by atoms with Gasteiger partial charge in [0, 0.05) is 0 Å². The molecule has 7 nitrogen and oxygen atoms in total. The van der Waals surface area contributed by atoms with E-state index in [1.165, 1.54) is 28.9 Å². The van der Waals surface area contributed by atoms with E-state index in [1.807, 2.05) is 6.07 Å². The molecule has 2 aromatic carbocycles. The highest BCUT2D eigenvalue weighted by Gasteiger charge is 2.32. The van der Waals surface area contributed by atoms with Gasteiger partial charge < -0.3 is 14.6 Å². The molecule has 8 heteroatoms. The van der Waals surface area contributed by atoms with Crippen molar-refractivity contribution < 1.29 is 23.8 Å². The quantitative estimate of drug-likeness (QED) is 0.788. The maximum atomic E-state index is 13.2. The molecule has 0 saturated heterocycles. The minimum Gasteiger partial charge on any atom is -0.485 e. The fourth-order valence-corrected chi connectivity index (χ4v) is 2.66. The first-order valence-corrected chi connectivity index (χ1v) is 7.47. The van der Waals surface area contributed by atoms with Crippen molar-refractivity contribution in [3.05, 3.63) is 65.7 Å². The molecule has 25 heavy (non-hydrogen) atoms.